The molecule has 1 fully saturated rings. The third kappa shape index (κ3) is 3.30. The molecule has 136 valence electrons. The number of piperidine rings is 1. The lowest BCUT2D eigenvalue weighted by atomic mass is 10.0. The van der Waals surface area contributed by atoms with Crippen molar-refractivity contribution >= 4 is 26.6 Å². The minimum absolute atomic E-state index is 0.211. The third-order valence-electron chi connectivity index (χ3n) is 4.67. The van der Waals surface area contributed by atoms with Gasteiger partial charge >= 0.3 is 0 Å². The number of fused-ring (bicyclic) bond motifs is 1. The number of aromatic nitrogens is 3. The predicted octanol–water partition coefficient (Wildman–Crippen LogP) is 2.19. The van der Waals surface area contributed by atoms with Crippen LogP contribution in [-0.4, -0.2) is 48.8 Å². The molecule has 0 bridgehead atoms. The zero-order valence-corrected chi connectivity index (χ0v) is 15.3. The maximum Gasteiger partial charge on any atom is 0.177 e. The number of aromatic amines is 1. The maximum atomic E-state index is 11.7. The summed E-state index contributed by atoms with van der Waals surface area (Å²) in [6, 6.07) is 5.65. The molecule has 7 nitrogen and oxygen atoms in total. The Labute approximate surface area is 152 Å². The van der Waals surface area contributed by atoms with Gasteiger partial charge in [-0.1, -0.05) is 0 Å². The normalized spacial score (nSPS) is 18.1. The number of nitrogens with one attached hydrogen (secondary N) is 3. The van der Waals surface area contributed by atoms with Crippen LogP contribution in [0, 0.1) is 0 Å². The molecule has 0 saturated carbocycles. The zero-order valence-electron chi connectivity index (χ0n) is 14.5. The first-order chi connectivity index (χ1) is 12.5. The molecule has 0 radical (unpaired) electrons. The minimum Gasteiger partial charge on any atom is -0.380 e. The van der Waals surface area contributed by atoms with Gasteiger partial charge in [-0.2, -0.15) is 0 Å². The van der Waals surface area contributed by atoms with Crippen molar-refractivity contribution in [3.05, 3.63) is 36.8 Å². The van der Waals surface area contributed by atoms with E-state index in [1.165, 1.54) is 12.5 Å². The number of H-pyrrole nitrogens is 1. The summed E-state index contributed by atoms with van der Waals surface area (Å²) in [5.74, 6) is 0. The number of nitrogens with zero attached hydrogens (tertiary/aromatic N) is 2. The number of anilines is 1. The van der Waals surface area contributed by atoms with E-state index >= 15 is 0 Å². The van der Waals surface area contributed by atoms with E-state index in [0.717, 1.165) is 48.2 Å². The Hall–Kier alpha value is -2.45. The second-order valence-corrected chi connectivity index (χ2v) is 8.64. The fraction of sp³-hybridized carbons (Fsp3) is 0.333. The van der Waals surface area contributed by atoms with Crippen molar-refractivity contribution < 1.29 is 8.42 Å². The average molecular weight is 371 g/mol. The number of hydrogen-bond acceptors (Lipinski definition) is 6. The van der Waals surface area contributed by atoms with Crippen LogP contribution in [-0.2, 0) is 9.84 Å². The lowest BCUT2D eigenvalue weighted by molar-refractivity contribution is 0.480. The van der Waals surface area contributed by atoms with Crippen LogP contribution in [0.5, 0.6) is 0 Å². The monoisotopic (exact) mass is 371 g/mol. The minimum atomic E-state index is -3.27. The molecule has 1 unspecified atom stereocenters. The average Bonchev–Trinajstić information content (AvgIpc) is 3.11. The Bertz CT molecular complexity index is 1020. The Morgan fingerprint density at radius 2 is 2.08 bits per heavy atom. The third-order valence-corrected chi connectivity index (χ3v) is 5.77. The van der Waals surface area contributed by atoms with Crippen LogP contribution >= 0.6 is 0 Å². The van der Waals surface area contributed by atoms with Crippen molar-refractivity contribution in [2.75, 3.05) is 24.7 Å². The summed E-state index contributed by atoms with van der Waals surface area (Å²) in [5, 5.41) is 8.06. The maximum absolute atomic E-state index is 11.7. The van der Waals surface area contributed by atoms with Crippen LogP contribution in [0.4, 0.5) is 5.69 Å². The van der Waals surface area contributed by atoms with E-state index in [-0.39, 0.29) is 4.90 Å². The molecule has 0 aliphatic carbocycles. The smallest absolute Gasteiger partial charge is 0.177 e. The molecular formula is C18H21N5O2S. The van der Waals surface area contributed by atoms with Gasteiger partial charge in [-0.05, 0) is 37.6 Å². The van der Waals surface area contributed by atoms with E-state index < -0.39 is 9.84 Å². The van der Waals surface area contributed by atoms with Gasteiger partial charge in [0.15, 0.2) is 9.84 Å². The molecule has 0 aromatic carbocycles. The molecule has 3 N–H and O–H groups in total. The molecule has 4 rings (SSSR count). The molecule has 26 heavy (non-hydrogen) atoms. The van der Waals surface area contributed by atoms with Gasteiger partial charge in [-0.25, -0.2) is 13.4 Å². The first-order valence-electron chi connectivity index (χ1n) is 8.62. The van der Waals surface area contributed by atoms with E-state index in [1.54, 1.807) is 18.3 Å². The summed E-state index contributed by atoms with van der Waals surface area (Å²) in [5.41, 5.74) is 3.35. The number of rotatable bonds is 4. The molecule has 1 atom stereocenters. The van der Waals surface area contributed by atoms with Crippen LogP contribution in [0.3, 0.4) is 0 Å². The SMILES string of the molecule is CS(=O)(=O)c1ccc(-c2cnc3[nH]ccc3c2NC2CCCNC2)nc1. The van der Waals surface area contributed by atoms with E-state index in [0.29, 0.717) is 11.7 Å². The highest BCUT2D eigenvalue weighted by molar-refractivity contribution is 7.90. The van der Waals surface area contributed by atoms with E-state index in [1.807, 2.05) is 12.3 Å². The summed E-state index contributed by atoms with van der Waals surface area (Å²) in [7, 11) is -3.27. The molecule has 0 amide bonds. The van der Waals surface area contributed by atoms with Gasteiger partial charge < -0.3 is 15.6 Å². The fourth-order valence-electron chi connectivity index (χ4n) is 3.30. The summed E-state index contributed by atoms with van der Waals surface area (Å²) < 4.78 is 23.3. The molecule has 4 heterocycles. The molecule has 8 heteroatoms. The highest BCUT2D eigenvalue weighted by Crippen LogP contribution is 2.33. The zero-order chi connectivity index (χ0) is 18.1. The molecular weight excluding hydrogens is 350 g/mol. The summed E-state index contributed by atoms with van der Waals surface area (Å²) in [6.07, 6.45) is 8.46. The second-order valence-electron chi connectivity index (χ2n) is 6.63. The van der Waals surface area contributed by atoms with Crippen molar-refractivity contribution in [2.45, 2.75) is 23.8 Å². The Kier molecular flexibility index (Phi) is 4.37. The lowest BCUT2D eigenvalue weighted by Gasteiger charge is -2.26. The molecule has 1 saturated heterocycles. The first kappa shape index (κ1) is 17.0. The molecule has 0 spiro atoms. The lowest BCUT2D eigenvalue weighted by Crippen LogP contribution is -2.38. The molecule has 3 aromatic rings. The summed E-state index contributed by atoms with van der Waals surface area (Å²) in [6.45, 7) is 1.96. The molecule has 3 aromatic heterocycles. The van der Waals surface area contributed by atoms with Gasteiger partial charge in [0.25, 0.3) is 0 Å². The van der Waals surface area contributed by atoms with Crippen molar-refractivity contribution in [2.24, 2.45) is 0 Å². The van der Waals surface area contributed by atoms with Crippen molar-refractivity contribution in [1.29, 1.82) is 0 Å². The van der Waals surface area contributed by atoms with E-state index in [2.05, 4.69) is 25.6 Å². The van der Waals surface area contributed by atoms with Gasteiger partial charge in [0, 0.05) is 48.4 Å². The van der Waals surface area contributed by atoms with Crippen LogP contribution in [0.2, 0.25) is 0 Å². The largest absolute Gasteiger partial charge is 0.380 e. The fourth-order valence-corrected chi connectivity index (χ4v) is 3.86. The molecule has 1 aliphatic heterocycles. The van der Waals surface area contributed by atoms with E-state index in [4.69, 9.17) is 0 Å². The first-order valence-corrected chi connectivity index (χ1v) is 10.5. The van der Waals surface area contributed by atoms with E-state index in [9.17, 15) is 8.42 Å². The molecule has 1 aliphatic rings. The number of pyridine rings is 2. The summed E-state index contributed by atoms with van der Waals surface area (Å²) >= 11 is 0. The highest BCUT2D eigenvalue weighted by atomic mass is 32.2. The van der Waals surface area contributed by atoms with Gasteiger partial charge in [-0.3, -0.25) is 4.98 Å². The van der Waals surface area contributed by atoms with Gasteiger partial charge in [-0.15, -0.1) is 0 Å². The Morgan fingerprint density at radius 1 is 1.19 bits per heavy atom. The van der Waals surface area contributed by atoms with Crippen LogP contribution in [0.25, 0.3) is 22.3 Å². The van der Waals surface area contributed by atoms with Crippen LogP contribution in [0.15, 0.2) is 41.7 Å². The quantitative estimate of drug-likeness (QED) is 0.650. The topological polar surface area (TPSA) is 99.8 Å². The van der Waals surface area contributed by atoms with Gasteiger partial charge in [0.2, 0.25) is 0 Å². The standard InChI is InChI=1S/C18H21N5O2S/c1-26(24,25)13-4-5-16(21-10-13)15-11-22-18-14(6-8-20-18)17(15)23-12-3-2-7-19-9-12/h4-6,8,10-12,19H,2-3,7,9H2,1H3,(H2,20,22,23). The predicted molar refractivity (Wildman–Crippen MR) is 102 cm³/mol. The highest BCUT2D eigenvalue weighted by Gasteiger charge is 2.19. The van der Waals surface area contributed by atoms with Crippen molar-refractivity contribution in [3.8, 4) is 11.3 Å². The van der Waals surface area contributed by atoms with Gasteiger partial charge in [0.1, 0.15) is 5.65 Å². The van der Waals surface area contributed by atoms with Crippen LogP contribution < -0.4 is 10.6 Å². The van der Waals surface area contributed by atoms with Crippen molar-refractivity contribution in [3.63, 3.8) is 0 Å². The Morgan fingerprint density at radius 3 is 2.77 bits per heavy atom. The summed E-state index contributed by atoms with van der Waals surface area (Å²) in [4.78, 5) is 12.2. The van der Waals surface area contributed by atoms with Crippen LogP contribution in [0.1, 0.15) is 12.8 Å². The second kappa shape index (κ2) is 6.69. The van der Waals surface area contributed by atoms with Crippen molar-refractivity contribution in [1.82, 2.24) is 20.3 Å². The number of sulfone groups is 1. The number of hydrogen-bond donors (Lipinski definition) is 3. The Balaban J connectivity index is 1.77. The van der Waals surface area contributed by atoms with Gasteiger partial charge in [0.05, 0.1) is 16.3 Å².